The molecule has 2 aromatic carbocycles. The third kappa shape index (κ3) is 3.20. The fourth-order valence-corrected chi connectivity index (χ4v) is 3.60. The number of para-hydroxylation sites is 1. The molecular formula is C22H19N5O2. The molecule has 1 aliphatic rings. The maximum Gasteiger partial charge on any atom is 0.265 e. The third-order valence-corrected chi connectivity index (χ3v) is 5.13. The summed E-state index contributed by atoms with van der Waals surface area (Å²) in [6.07, 6.45) is 2.22. The van der Waals surface area contributed by atoms with Crippen LogP contribution in [0.1, 0.15) is 29.3 Å². The molecule has 1 aliphatic heterocycles. The van der Waals surface area contributed by atoms with E-state index in [1.165, 1.54) is 10.6 Å². The van der Waals surface area contributed by atoms with E-state index >= 15 is 0 Å². The van der Waals surface area contributed by atoms with Gasteiger partial charge in [-0.15, -0.1) is 5.10 Å². The molecule has 0 saturated carbocycles. The molecule has 0 spiro atoms. The predicted octanol–water partition coefficient (Wildman–Crippen LogP) is 3.71. The van der Waals surface area contributed by atoms with E-state index in [4.69, 9.17) is 4.42 Å². The van der Waals surface area contributed by atoms with Crippen molar-refractivity contribution in [1.82, 2.24) is 20.0 Å². The van der Waals surface area contributed by atoms with E-state index in [2.05, 4.69) is 15.4 Å². The second kappa shape index (κ2) is 7.01. The third-order valence-electron chi connectivity index (χ3n) is 5.13. The second-order valence-corrected chi connectivity index (χ2v) is 7.12. The molecular weight excluding hydrogens is 366 g/mol. The monoisotopic (exact) mass is 385 g/mol. The number of aromatic nitrogens is 3. The zero-order valence-corrected chi connectivity index (χ0v) is 15.9. The number of amides is 1. The molecule has 5 rings (SSSR count). The number of hydrogen-bond donors (Lipinski definition) is 0. The van der Waals surface area contributed by atoms with E-state index in [0.29, 0.717) is 12.2 Å². The Labute approximate surface area is 167 Å². The minimum Gasteiger partial charge on any atom is -0.467 e. The van der Waals surface area contributed by atoms with E-state index in [1.807, 2.05) is 67.6 Å². The van der Waals surface area contributed by atoms with E-state index in [9.17, 15) is 4.79 Å². The van der Waals surface area contributed by atoms with E-state index in [0.717, 1.165) is 22.3 Å². The molecule has 0 saturated heterocycles. The summed E-state index contributed by atoms with van der Waals surface area (Å²) in [5, 5.41) is 14.4. The van der Waals surface area contributed by atoms with Gasteiger partial charge in [0, 0.05) is 6.42 Å². The Morgan fingerprint density at radius 1 is 1.10 bits per heavy atom. The number of fused-ring (bicyclic) bond motifs is 1. The van der Waals surface area contributed by atoms with Crippen molar-refractivity contribution in [3.8, 4) is 0 Å². The SMILES string of the molecule is Cc1ccc(C2=NN(C(=O)Cn3nnc4ccccc43)[C@@H](c3ccco3)C2)cc1. The Bertz CT molecular complexity index is 1190. The Hall–Kier alpha value is -3.74. The van der Waals surface area contributed by atoms with Gasteiger partial charge in [0.05, 0.1) is 17.5 Å². The number of rotatable bonds is 4. The summed E-state index contributed by atoms with van der Waals surface area (Å²) < 4.78 is 7.21. The molecule has 144 valence electrons. The van der Waals surface area contributed by atoms with Gasteiger partial charge in [-0.3, -0.25) is 4.79 Å². The molecule has 0 aliphatic carbocycles. The van der Waals surface area contributed by atoms with Gasteiger partial charge in [-0.1, -0.05) is 47.2 Å². The van der Waals surface area contributed by atoms with Crippen LogP contribution in [0, 0.1) is 6.92 Å². The minimum absolute atomic E-state index is 0.0579. The van der Waals surface area contributed by atoms with Crippen molar-refractivity contribution >= 4 is 22.7 Å². The lowest BCUT2D eigenvalue weighted by atomic mass is 10.0. The molecule has 1 atom stereocenters. The van der Waals surface area contributed by atoms with Gasteiger partial charge in [0.2, 0.25) is 0 Å². The summed E-state index contributed by atoms with van der Waals surface area (Å²) in [4.78, 5) is 13.2. The van der Waals surface area contributed by atoms with E-state index in [1.54, 1.807) is 10.9 Å². The van der Waals surface area contributed by atoms with Crippen LogP contribution in [0.4, 0.5) is 0 Å². The number of aryl methyl sites for hydroxylation is 1. The first-order valence-corrected chi connectivity index (χ1v) is 9.47. The van der Waals surface area contributed by atoms with E-state index < -0.39 is 0 Å². The lowest BCUT2D eigenvalue weighted by Crippen LogP contribution is -2.30. The maximum absolute atomic E-state index is 13.2. The zero-order valence-electron chi connectivity index (χ0n) is 15.9. The summed E-state index contributed by atoms with van der Waals surface area (Å²) in [6.45, 7) is 2.10. The van der Waals surface area contributed by atoms with Gasteiger partial charge in [-0.05, 0) is 36.8 Å². The Morgan fingerprint density at radius 2 is 1.93 bits per heavy atom. The molecule has 4 aromatic rings. The lowest BCUT2D eigenvalue weighted by Gasteiger charge is -2.19. The van der Waals surface area contributed by atoms with Crippen LogP contribution in [-0.2, 0) is 11.3 Å². The molecule has 0 radical (unpaired) electrons. The van der Waals surface area contributed by atoms with Gasteiger partial charge in [-0.25, -0.2) is 9.69 Å². The van der Waals surface area contributed by atoms with Gasteiger partial charge in [-0.2, -0.15) is 5.10 Å². The van der Waals surface area contributed by atoms with Crippen LogP contribution in [0.25, 0.3) is 11.0 Å². The van der Waals surface area contributed by atoms with Crippen LogP contribution in [-0.4, -0.2) is 31.6 Å². The van der Waals surface area contributed by atoms with Crippen LogP contribution < -0.4 is 0 Å². The number of nitrogens with zero attached hydrogens (tertiary/aromatic N) is 5. The zero-order chi connectivity index (χ0) is 19.8. The fraction of sp³-hybridized carbons (Fsp3) is 0.182. The number of hydrogen-bond acceptors (Lipinski definition) is 5. The average Bonchev–Trinajstić information content (AvgIpc) is 3.48. The molecule has 0 bridgehead atoms. The highest BCUT2D eigenvalue weighted by atomic mass is 16.3. The van der Waals surface area contributed by atoms with Gasteiger partial charge >= 0.3 is 0 Å². The molecule has 7 heteroatoms. The van der Waals surface area contributed by atoms with Gasteiger partial charge < -0.3 is 4.42 Å². The van der Waals surface area contributed by atoms with Crippen molar-refractivity contribution in [1.29, 1.82) is 0 Å². The molecule has 7 nitrogen and oxygen atoms in total. The quantitative estimate of drug-likeness (QED) is 0.537. The van der Waals surface area contributed by atoms with Crippen molar-refractivity contribution in [3.05, 3.63) is 83.8 Å². The molecule has 0 unspecified atom stereocenters. The number of benzene rings is 2. The van der Waals surface area contributed by atoms with Crippen molar-refractivity contribution in [2.75, 3.05) is 0 Å². The first-order valence-electron chi connectivity index (χ1n) is 9.47. The largest absolute Gasteiger partial charge is 0.467 e. The first-order chi connectivity index (χ1) is 14.2. The summed E-state index contributed by atoms with van der Waals surface area (Å²) >= 11 is 0. The van der Waals surface area contributed by atoms with Crippen molar-refractivity contribution in [3.63, 3.8) is 0 Å². The van der Waals surface area contributed by atoms with Gasteiger partial charge in [0.1, 0.15) is 23.9 Å². The average molecular weight is 385 g/mol. The summed E-state index contributed by atoms with van der Waals surface area (Å²) in [6, 6.07) is 19.2. The normalized spacial score (nSPS) is 16.4. The molecule has 1 amide bonds. The summed E-state index contributed by atoms with van der Waals surface area (Å²) in [7, 11) is 0. The highest BCUT2D eigenvalue weighted by molar-refractivity contribution is 6.03. The van der Waals surface area contributed by atoms with Crippen molar-refractivity contribution < 1.29 is 9.21 Å². The van der Waals surface area contributed by atoms with Gasteiger partial charge in [0.25, 0.3) is 5.91 Å². The summed E-state index contributed by atoms with van der Waals surface area (Å²) in [5.74, 6) is 0.553. The van der Waals surface area contributed by atoms with Gasteiger partial charge in [0.15, 0.2) is 0 Å². The highest BCUT2D eigenvalue weighted by Crippen LogP contribution is 2.33. The second-order valence-electron chi connectivity index (χ2n) is 7.12. The number of carbonyl (C=O) groups excluding carboxylic acids is 1. The van der Waals surface area contributed by atoms with Crippen LogP contribution in [0.5, 0.6) is 0 Å². The number of hydrazone groups is 1. The molecule has 0 fully saturated rings. The summed E-state index contributed by atoms with van der Waals surface area (Å²) in [5.41, 5.74) is 4.63. The smallest absolute Gasteiger partial charge is 0.265 e. The Balaban J connectivity index is 1.47. The van der Waals surface area contributed by atoms with Crippen LogP contribution in [0.2, 0.25) is 0 Å². The number of carbonyl (C=O) groups is 1. The molecule has 3 heterocycles. The lowest BCUT2D eigenvalue weighted by molar-refractivity contribution is -0.134. The van der Waals surface area contributed by atoms with Crippen LogP contribution in [0.15, 0.2) is 76.4 Å². The topological polar surface area (TPSA) is 76.5 Å². The Morgan fingerprint density at radius 3 is 2.72 bits per heavy atom. The van der Waals surface area contributed by atoms with Crippen LogP contribution in [0.3, 0.4) is 0 Å². The van der Waals surface area contributed by atoms with Crippen LogP contribution >= 0.6 is 0 Å². The molecule has 29 heavy (non-hydrogen) atoms. The van der Waals surface area contributed by atoms with E-state index in [-0.39, 0.29) is 18.5 Å². The fourth-order valence-electron chi connectivity index (χ4n) is 3.60. The minimum atomic E-state index is -0.274. The van der Waals surface area contributed by atoms with Crippen molar-refractivity contribution in [2.24, 2.45) is 5.10 Å². The molecule has 2 aromatic heterocycles. The standard InChI is InChI=1S/C22H19N5O2/c1-15-8-10-16(11-9-15)18-13-20(21-7-4-12-29-21)27(24-18)22(28)14-26-19-6-3-2-5-17(19)23-25-26/h2-12,20H,13-14H2,1H3/t20-/m1/s1. The Kier molecular flexibility index (Phi) is 4.20. The highest BCUT2D eigenvalue weighted by Gasteiger charge is 2.35. The maximum atomic E-state index is 13.2. The first kappa shape index (κ1) is 17.4. The number of furan rings is 1. The predicted molar refractivity (Wildman–Crippen MR) is 108 cm³/mol. The van der Waals surface area contributed by atoms with Crippen molar-refractivity contribution in [2.45, 2.75) is 25.9 Å². The molecule has 0 N–H and O–H groups in total.